The highest BCUT2D eigenvalue weighted by Crippen LogP contribution is 2.38. The van der Waals surface area contributed by atoms with Crippen LogP contribution in [0.15, 0.2) is 60.7 Å². The lowest BCUT2D eigenvalue weighted by Crippen LogP contribution is -2.23. The van der Waals surface area contributed by atoms with Gasteiger partial charge in [0.25, 0.3) is 0 Å². The van der Waals surface area contributed by atoms with Crippen LogP contribution >= 0.6 is 7.14 Å². The smallest absolute Gasteiger partial charge is 0.113 e. The van der Waals surface area contributed by atoms with Crippen molar-refractivity contribution >= 4 is 12.4 Å². The van der Waals surface area contributed by atoms with Crippen LogP contribution in [0.1, 0.15) is 18.5 Å². The highest BCUT2D eigenvalue weighted by atomic mass is 31.2. The van der Waals surface area contributed by atoms with E-state index in [0.29, 0.717) is 6.16 Å². The van der Waals surface area contributed by atoms with Gasteiger partial charge in [0.1, 0.15) is 7.14 Å². The Morgan fingerprint density at radius 1 is 1.00 bits per heavy atom. The molecule has 0 unspecified atom stereocenters. The summed E-state index contributed by atoms with van der Waals surface area (Å²) in [6, 6.07) is 20.4. The van der Waals surface area contributed by atoms with Gasteiger partial charge in [-0.05, 0) is 19.2 Å². The van der Waals surface area contributed by atoms with E-state index in [1.165, 1.54) is 5.56 Å². The molecule has 20 heavy (non-hydrogen) atoms. The highest BCUT2D eigenvalue weighted by Gasteiger charge is 2.17. The number of hydrogen-bond acceptors (Lipinski definition) is 2. The van der Waals surface area contributed by atoms with Crippen LogP contribution in [0.3, 0.4) is 0 Å². The minimum absolute atomic E-state index is 0.284. The number of benzene rings is 2. The average molecular weight is 287 g/mol. The van der Waals surface area contributed by atoms with E-state index >= 15 is 0 Å². The van der Waals surface area contributed by atoms with Crippen LogP contribution in [0.5, 0.6) is 0 Å². The lowest BCUT2D eigenvalue weighted by molar-refractivity contribution is 0.570. The van der Waals surface area contributed by atoms with Gasteiger partial charge in [0.15, 0.2) is 0 Å². The second kappa shape index (κ2) is 6.88. The number of nitrogens with one attached hydrogen (secondary N) is 1. The Bertz CT molecular complexity index is 568. The van der Waals surface area contributed by atoms with Crippen LogP contribution in [0.25, 0.3) is 0 Å². The van der Waals surface area contributed by atoms with Gasteiger partial charge in [-0.15, -0.1) is 0 Å². The molecule has 106 valence electrons. The molecule has 1 N–H and O–H groups in total. The van der Waals surface area contributed by atoms with Crippen molar-refractivity contribution in [1.82, 2.24) is 5.32 Å². The van der Waals surface area contributed by atoms with Crippen molar-refractivity contribution in [3.63, 3.8) is 0 Å². The van der Waals surface area contributed by atoms with Crippen LogP contribution in [-0.2, 0) is 4.57 Å². The van der Waals surface area contributed by atoms with E-state index in [9.17, 15) is 4.57 Å². The van der Waals surface area contributed by atoms with Crippen molar-refractivity contribution in [3.8, 4) is 0 Å². The van der Waals surface area contributed by atoms with Crippen molar-refractivity contribution in [1.29, 1.82) is 0 Å². The summed E-state index contributed by atoms with van der Waals surface area (Å²) < 4.78 is 12.7. The van der Waals surface area contributed by atoms with E-state index in [0.717, 1.165) is 11.8 Å². The third-order valence-corrected chi connectivity index (χ3v) is 6.06. The van der Waals surface area contributed by atoms with Gasteiger partial charge in [0.05, 0.1) is 0 Å². The van der Waals surface area contributed by atoms with Gasteiger partial charge in [0.2, 0.25) is 0 Å². The average Bonchev–Trinajstić information content (AvgIpc) is 2.49. The van der Waals surface area contributed by atoms with E-state index in [4.69, 9.17) is 0 Å². The predicted octanol–water partition coefficient (Wildman–Crippen LogP) is 3.66. The summed E-state index contributed by atoms with van der Waals surface area (Å²) in [7, 11) is -2.26. The first-order valence-corrected chi connectivity index (χ1v) is 9.34. The molecule has 0 aliphatic carbocycles. The van der Waals surface area contributed by atoms with Gasteiger partial charge in [-0.1, -0.05) is 60.7 Å². The molecule has 2 nitrogen and oxygen atoms in total. The minimum atomic E-state index is -2.26. The molecule has 0 saturated carbocycles. The van der Waals surface area contributed by atoms with Crippen molar-refractivity contribution in [3.05, 3.63) is 66.2 Å². The lowest BCUT2D eigenvalue weighted by atomic mass is 10.1. The van der Waals surface area contributed by atoms with Crippen LogP contribution in [0.4, 0.5) is 0 Å². The Hall–Kier alpha value is -1.37. The van der Waals surface area contributed by atoms with Crippen molar-refractivity contribution in [2.45, 2.75) is 13.0 Å². The molecule has 0 heterocycles. The number of hydrogen-bond donors (Lipinski definition) is 1. The fourth-order valence-corrected chi connectivity index (χ4v) is 3.84. The largest absolute Gasteiger partial charge is 0.319 e. The van der Waals surface area contributed by atoms with Gasteiger partial charge >= 0.3 is 0 Å². The number of rotatable bonds is 6. The molecule has 0 aliphatic heterocycles. The van der Waals surface area contributed by atoms with Gasteiger partial charge in [-0.25, -0.2) is 0 Å². The molecular weight excluding hydrogens is 265 g/mol. The van der Waals surface area contributed by atoms with E-state index < -0.39 is 7.14 Å². The van der Waals surface area contributed by atoms with Crippen molar-refractivity contribution in [2.24, 2.45) is 0 Å². The summed E-state index contributed by atoms with van der Waals surface area (Å²) in [6.45, 7) is 4.77. The first kappa shape index (κ1) is 15.0. The van der Waals surface area contributed by atoms with E-state index in [1.807, 2.05) is 55.2 Å². The van der Waals surface area contributed by atoms with Crippen LogP contribution in [-0.4, -0.2) is 19.4 Å². The third-order valence-electron chi connectivity index (χ3n) is 3.59. The summed E-state index contributed by atoms with van der Waals surface area (Å²) in [4.78, 5) is 0. The third kappa shape index (κ3) is 4.06. The summed E-state index contributed by atoms with van der Waals surface area (Å²) in [5, 5.41) is 4.42. The summed E-state index contributed by atoms with van der Waals surface area (Å²) in [5.41, 5.74) is 1.26. The van der Waals surface area contributed by atoms with E-state index in [-0.39, 0.29) is 6.04 Å². The molecule has 0 saturated heterocycles. The maximum atomic E-state index is 12.7. The first-order chi connectivity index (χ1) is 9.59. The molecular formula is C17H22NOP. The van der Waals surface area contributed by atoms with Crippen LogP contribution in [0.2, 0.25) is 0 Å². The Balaban J connectivity index is 1.88. The zero-order chi connectivity index (χ0) is 14.4. The summed E-state index contributed by atoms with van der Waals surface area (Å²) >= 11 is 0. The fourth-order valence-electron chi connectivity index (χ4n) is 2.23. The lowest BCUT2D eigenvalue weighted by Gasteiger charge is -2.17. The molecule has 0 bridgehead atoms. The Morgan fingerprint density at radius 3 is 2.15 bits per heavy atom. The highest BCUT2D eigenvalue weighted by molar-refractivity contribution is 7.70. The fraction of sp³-hybridized carbons (Fsp3) is 0.294. The molecule has 0 aromatic heterocycles. The van der Waals surface area contributed by atoms with Crippen molar-refractivity contribution in [2.75, 3.05) is 19.4 Å². The zero-order valence-corrected chi connectivity index (χ0v) is 13.0. The topological polar surface area (TPSA) is 29.1 Å². The predicted molar refractivity (Wildman–Crippen MR) is 87.3 cm³/mol. The van der Waals surface area contributed by atoms with E-state index in [1.54, 1.807) is 0 Å². The molecule has 3 heteroatoms. The monoisotopic (exact) mass is 287 g/mol. The molecule has 2 rings (SSSR count). The second-order valence-corrected chi connectivity index (χ2v) is 8.41. The molecule has 0 radical (unpaired) electrons. The van der Waals surface area contributed by atoms with Crippen LogP contribution < -0.4 is 10.6 Å². The first-order valence-electron chi connectivity index (χ1n) is 7.00. The Morgan fingerprint density at radius 2 is 1.55 bits per heavy atom. The Labute approximate surface area is 121 Å². The molecule has 0 aliphatic rings. The minimum Gasteiger partial charge on any atom is -0.319 e. The maximum Gasteiger partial charge on any atom is 0.113 e. The summed E-state index contributed by atoms with van der Waals surface area (Å²) in [5.74, 6) is 0. The van der Waals surface area contributed by atoms with Gasteiger partial charge in [-0.2, -0.15) is 0 Å². The molecule has 2 atom stereocenters. The Kier molecular flexibility index (Phi) is 5.17. The molecule has 0 fully saturated rings. The van der Waals surface area contributed by atoms with Gasteiger partial charge in [-0.3, -0.25) is 0 Å². The molecule has 0 spiro atoms. The molecule has 2 aromatic rings. The summed E-state index contributed by atoms with van der Waals surface area (Å²) in [6.07, 6.45) is 0.689. The maximum absolute atomic E-state index is 12.7. The van der Waals surface area contributed by atoms with Crippen LogP contribution in [0, 0.1) is 0 Å². The quantitative estimate of drug-likeness (QED) is 0.822. The van der Waals surface area contributed by atoms with Gasteiger partial charge in [0, 0.05) is 24.1 Å². The SMILES string of the molecule is C[C@H](NCC[P@@](C)(=O)c1ccccc1)c1ccccc1. The zero-order valence-electron chi connectivity index (χ0n) is 12.1. The van der Waals surface area contributed by atoms with Crippen molar-refractivity contribution < 1.29 is 4.57 Å². The second-order valence-electron chi connectivity index (χ2n) is 5.25. The standard InChI is InChI=1S/C17H22NOP/c1-15(16-9-5-3-6-10-16)18-13-14-20(2,19)17-11-7-4-8-12-17/h3-12,15,18H,13-14H2,1-2H3/t15-,20+/m0/s1. The molecule has 2 aromatic carbocycles. The molecule has 0 amide bonds. The van der Waals surface area contributed by atoms with E-state index in [2.05, 4.69) is 24.4 Å². The normalized spacial score (nSPS) is 15.5. The van der Waals surface area contributed by atoms with Gasteiger partial charge < -0.3 is 9.88 Å².